The van der Waals surface area contributed by atoms with E-state index in [9.17, 15) is 18.4 Å². The number of halogens is 2. The highest BCUT2D eigenvalue weighted by Crippen LogP contribution is 2.39. The van der Waals surface area contributed by atoms with E-state index >= 15 is 0 Å². The second kappa shape index (κ2) is 9.78. The third-order valence-electron chi connectivity index (χ3n) is 7.70. The number of alkyl halides is 2. The maximum Gasteiger partial charge on any atom is 0.410 e. The molecule has 12 heteroatoms. The Balaban J connectivity index is 1.23. The number of carbonyl (C=O) groups excluding carboxylic acids is 2. The lowest BCUT2D eigenvalue weighted by atomic mass is 9.96. The van der Waals surface area contributed by atoms with E-state index in [0.29, 0.717) is 24.3 Å². The molecule has 0 aromatic carbocycles. The van der Waals surface area contributed by atoms with Crippen molar-refractivity contribution in [3.8, 4) is 0 Å². The zero-order valence-electron chi connectivity index (χ0n) is 23.4. The summed E-state index contributed by atoms with van der Waals surface area (Å²) in [5, 5.41) is 7.85. The number of anilines is 1. The van der Waals surface area contributed by atoms with Crippen molar-refractivity contribution >= 4 is 23.7 Å². The molecule has 3 fully saturated rings. The van der Waals surface area contributed by atoms with Crippen molar-refractivity contribution in [2.24, 2.45) is 0 Å². The van der Waals surface area contributed by atoms with Crippen LogP contribution in [0.25, 0.3) is 5.65 Å². The van der Waals surface area contributed by atoms with Crippen LogP contribution < -0.4 is 5.32 Å². The van der Waals surface area contributed by atoms with E-state index < -0.39 is 23.7 Å². The van der Waals surface area contributed by atoms with Gasteiger partial charge in [0.1, 0.15) is 22.7 Å². The number of hydrogen-bond acceptors (Lipinski definition) is 7. The number of amides is 2. The van der Waals surface area contributed by atoms with E-state index in [1.54, 1.807) is 10.7 Å². The highest BCUT2D eigenvalue weighted by Gasteiger charge is 2.50. The molecule has 2 amide bonds. The van der Waals surface area contributed by atoms with E-state index in [2.05, 4.69) is 15.4 Å². The van der Waals surface area contributed by atoms with Gasteiger partial charge in [-0.25, -0.2) is 23.4 Å². The van der Waals surface area contributed by atoms with Gasteiger partial charge >= 0.3 is 12.2 Å². The first kappa shape index (κ1) is 27.4. The number of fused-ring (bicyclic) bond motifs is 3. The molecule has 2 bridgehead atoms. The molecule has 5 rings (SSSR count). The quantitative estimate of drug-likeness (QED) is 0.538. The van der Waals surface area contributed by atoms with Crippen LogP contribution in [0.1, 0.15) is 90.8 Å². The van der Waals surface area contributed by atoms with Crippen LogP contribution in [0.3, 0.4) is 0 Å². The maximum atomic E-state index is 13.7. The largest absolute Gasteiger partial charge is 0.444 e. The Kier molecular flexibility index (Phi) is 6.87. The molecular weight excluding hydrogens is 510 g/mol. The van der Waals surface area contributed by atoms with Crippen LogP contribution in [-0.2, 0) is 9.47 Å². The number of rotatable bonds is 5. The molecule has 0 spiro atoms. The van der Waals surface area contributed by atoms with Gasteiger partial charge in [0.25, 0.3) is 6.43 Å². The van der Waals surface area contributed by atoms with Crippen LogP contribution in [0.15, 0.2) is 12.3 Å². The number of likely N-dealkylation sites (tertiary alicyclic amines) is 1. The minimum absolute atomic E-state index is 0.0173. The Morgan fingerprint density at radius 2 is 1.77 bits per heavy atom. The van der Waals surface area contributed by atoms with Gasteiger partial charge in [0.05, 0.1) is 19.3 Å². The van der Waals surface area contributed by atoms with E-state index in [4.69, 9.17) is 9.47 Å². The third-order valence-corrected chi connectivity index (χ3v) is 7.70. The van der Waals surface area contributed by atoms with Gasteiger partial charge in [-0.1, -0.05) is 13.8 Å². The van der Waals surface area contributed by atoms with Crippen LogP contribution in [0, 0.1) is 0 Å². The molecule has 214 valence electrons. The van der Waals surface area contributed by atoms with Crippen molar-refractivity contribution < 1.29 is 27.8 Å². The number of ether oxygens (including phenoxy) is 2. The van der Waals surface area contributed by atoms with Crippen LogP contribution in [0.4, 0.5) is 24.2 Å². The SMILES string of the molecule is CC(C)c1cnn2c(NC3CC4CCC(C3)N4C(=O)OC3(C)CN(C(=O)OC(C)(C)C)C3)cc(C(F)F)nc12. The Morgan fingerprint density at radius 1 is 1.13 bits per heavy atom. The maximum absolute atomic E-state index is 13.7. The van der Waals surface area contributed by atoms with E-state index in [0.717, 1.165) is 18.4 Å². The Morgan fingerprint density at radius 3 is 2.33 bits per heavy atom. The molecule has 1 N–H and O–H groups in total. The summed E-state index contributed by atoms with van der Waals surface area (Å²) < 4.78 is 40.2. The molecule has 2 atom stereocenters. The van der Waals surface area contributed by atoms with Crippen molar-refractivity contribution in [2.75, 3.05) is 18.4 Å². The third kappa shape index (κ3) is 5.47. The molecule has 2 unspecified atom stereocenters. The monoisotopic (exact) mass is 548 g/mol. The number of hydrogen-bond donors (Lipinski definition) is 1. The second-order valence-corrected chi connectivity index (χ2v) is 12.6. The number of nitrogens with one attached hydrogen (secondary N) is 1. The summed E-state index contributed by atoms with van der Waals surface area (Å²) >= 11 is 0. The average Bonchev–Trinajstić information content (AvgIpc) is 3.35. The van der Waals surface area contributed by atoms with Crippen LogP contribution in [0.2, 0.25) is 0 Å². The molecule has 2 aromatic heterocycles. The Labute approximate surface area is 227 Å². The molecule has 39 heavy (non-hydrogen) atoms. The first-order chi connectivity index (χ1) is 18.2. The average molecular weight is 549 g/mol. The van der Waals surface area contributed by atoms with Gasteiger partial charge in [-0.15, -0.1) is 0 Å². The second-order valence-electron chi connectivity index (χ2n) is 12.6. The van der Waals surface area contributed by atoms with Gasteiger partial charge in [-0.05, 0) is 59.3 Å². The fourth-order valence-electron chi connectivity index (χ4n) is 5.97. The normalized spacial score (nSPS) is 24.3. The molecule has 0 aliphatic carbocycles. The van der Waals surface area contributed by atoms with Gasteiger partial charge in [0.2, 0.25) is 0 Å². The first-order valence-electron chi connectivity index (χ1n) is 13.7. The first-order valence-corrected chi connectivity index (χ1v) is 13.7. The number of carbonyl (C=O) groups is 2. The van der Waals surface area contributed by atoms with E-state index in [1.165, 1.54) is 11.0 Å². The van der Waals surface area contributed by atoms with E-state index in [-0.39, 0.29) is 48.9 Å². The molecule has 2 aromatic rings. The summed E-state index contributed by atoms with van der Waals surface area (Å²) in [5.41, 5.74) is -0.388. The molecule has 3 aliphatic heterocycles. The zero-order valence-corrected chi connectivity index (χ0v) is 23.4. The van der Waals surface area contributed by atoms with Gasteiger partial charge in [-0.2, -0.15) is 9.61 Å². The minimum Gasteiger partial charge on any atom is -0.444 e. The Bertz CT molecular complexity index is 1240. The van der Waals surface area contributed by atoms with Crippen LogP contribution in [0.5, 0.6) is 0 Å². The fraction of sp³-hybridized carbons (Fsp3) is 0.704. The summed E-state index contributed by atoms with van der Waals surface area (Å²) in [6, 6.07) is 1.31. The predicted molar refractivity (Wildman–Crippen MR) is 140 cm³/mol. The molecule has 5 heterocycles. The lowest BCUT2D eigenvalue weighted by Gasteiger charge is -2.48. The summed E-state index contributed by atoms with van der Waals surface area (Å²) in [5.74, 6) is 0.571. The van der Waals surface area contributed by atoms with Gasteiger partial charge in [0.15, 0.2) is 5.65 Å². The zero-order chi connectivity index (χ0) is 28.3. The van der Waals surface area contributed by atoms with Crippen LogP contribution >= 0.6 is 0 Å². The van der Waals surface area contributed by atoms with Crippen molar-refractivity contribution in [3.63, 3.8) is 0 Å². The van der Waals surface area contributed by atoms with Gasteiger partial charge in [-0.3, -0.25) is 0 Å². The molecule has 3 saturated heterocycles. The minimum atomic E-state index is -2.70. The van der Waals surface area contributed by atoms with Crippen LogP contribution in [-0.4, -0.2) is 79.0 Å². The van der Waals surface area contributed by atoms with Crippen molar-refractivity contribution in [1.82, 2.24) is 24.4 Å². The number of aromatic nitrogens is 3. The fourth-order valence-corrected chi connectivity index (χ4v) is 5.97. The standard InChI is InChI=1S/C27H38F2N6O4/c1-15(2)19-12-30-35-21(11-20(22(28)29)32-23(19)35)31-16-9-17-7-8-18(10-16)34(17)25(37)39-27(6)13-33(14-27)24(36)38-26(3,4)5/h11-12,15-18,22,31H,7-10,13-14H2,1-6H3. The summed E-state index contributed by atoms with van der Waals surface area (Å²) in [6.07, 6.45) is 1.24. The predicted octanol–water partition coefficient (Wildman–Crippen LogP) is 5.34. The summed E-state index contributed by atoms with van der Waals surface area (Å²) in [6.45, 7) is 11.8. The van der Waals surface area contributed by atoms with Gasteiger partial charge in [0, 0.05) is 29.8 Å². The molecule has 10 nitrogen and oxygen atoms in total. The van der Waals surface area contributed by atoms with Crippen molar-refractivity contribution in [3.05, 3.63) is 23.5 Å². The highest BCUT2D eigenvalue weighted by molar-refractivity contribution is 5.72. The lowest BCUT2D eigenvalue weighted by molar-refractivity contribution is -0.103. The lowest BCUT2D eigenvalue weighted by Crippen LogP contribution is -2.65. The molecule has 3 aliphatic rings. The number of piperidine rings is 1. The van der Waals surface area contributed by atoms with Crippen molar-refractivity contribution in [1.29, 1.82) is 0 Å². The summed E-state index contributed by atoms with van der Waals surface area (Å²) in [4.78, 5) is 33.1. The molecular formula is C27H38F2N6O4. The highest BCUT2D eigenvalue weighted by atomic mass is 19.3. The Hall–Kier alpha value is -3.18. The molecule has 0 saturated carbocycles. The number of nitrogens with zero attached hydrogens (tertiary/aromatic N) is 5. The van der Waals surface area contributed by atoms with Gasteiger partial charge < -0.3 is 24.6 Å². The summed E-state index contributed by atoms with van der Waals surface area (Å²) in [7, 11) is 0. The van der Waals surface area contributed by atoms with E-state index in [1.807, 2.05) is 46.4 Å². The molecule has 0 radical (unpaired) electrons. The van der Waals surface area contributed by atoms with Crippen molar-refractivity contribution in [2.45, 2.75) is 109 Å². The topological polar surface area (TPSA) is 101 Å². The smallest absolute Gasteiger partial charge is 0.410 e.